The van der Waals surface area contributed by atoms with Gasteiger partial charge in [-0.3, -0.25) is 9.59 Å². The number of carbonyl (C=O) groups excluding carboxylic acids is 2. The minimum atomic E-state index is -0.0699. The third-order valence-corrected chi connectivity index (χ3v) is 5.42. The second-order valence-corrected chi connectivity index (χ2v) is 7.29. The molecule has 0 atom stereocenters. The van der Waals surface area contributed by atoms with Crippen molar-refractivity contribution in [3.8, 4) is 0 Å². The molecule has 0 radical (unpaired) electrons. The lowest BCUT2D eigenvalue weighted by molar-refractivity contribution is -0.131. The van der Waals surface area contributed by atoms with Gasteiger partial charge < -0.3 is 15.5 Å². The van der Waals surface area contributed by atoms with Crippen LogP contribution in [0, 0.1) is 0 Å². The molecule has 0 unspecified atom stereocenters. The Morgan fingerprint density at radius 2 is 1.78 bits per heavy atom. The Morgan fingerprint density at radius 3 is 2.48 bits per heavy atom. The zero-order valence-electron chi connectivity index (χ0n) is 15.2. The van der Waals surface area contributed by atoms with Crippen LogP contribution in [0.15, 0.2) is 35.7 Å². The van der Waals surface area contributed by atoms with Gasteiger partial charge in [0.25, 0.3) is 5.91 Å². The molecule has 0 bridgehead atoms. The number of halogens is 1. The van der Waals surface area contributed by atoms with Crippen LogP contribution in [0.25, 0.3) is 0 Å². The minimum absolute atomic E-state index is 0. The van der Waals surface area contributed by atoms with Crippen molar-refractivity contribution in [2.24, 2.45) is 5.73 Å². The first-order valence-electron chi connectivity index (χ1n) is 8.93. The number of aromatic nitrogens is 1. The number of benzene rings is 1. The highest BCUT2D eigenvalue weighted by Gasteiger charge is 2.24. The molecular formula is C19H25ClN4O2S. The topological polar surface area (TPSA) is 79.5 Å². The quantitative estimate of drug-likeness (QED) is 0.823. The van der Waals surface area contributed by atoms with Gasteiger partial charge in [0.05, 0.1) is 0 Å². The third kappa shape index (κ3) is 5.76. The van der Waals surface area contributed by atoms with Crippen LogP contribution in [0.5, 0.6) is 0 Å². The van der Waals surface area contributed by atoms with Crippen molar-refractivity contribution in [1.82, 2.24) is 14.8 Å². The van der Waals surface area contributed by atoms with Gasteiger partial charge in [0.2, 0.25) is 5.91 Å². The van der Waals surface area contributed by atoms with Gasteiger partial charge in [0.15, 0.2) is 0 Å². The summed E-state index contributed by atoms with van der Waals surface area (Å²) in [4.78, 5) is 33.0. The second-order valence-electron chi connectivity index (χ2n) is 6.34. The molecule has 8 heteroatoms. The van der Waals surface area contributed by atoms with Gasteiger partial charge in [-0.15, -0.1) is 23.7 Å². The Kier molecular flexibility index (Phi) is 8.22. The second kappa shape index (κ2) is 10.4. The maximum absolute atomic E-state index is 12.6. The van der Waals surface area contributed by atoms with E-state index >= 15 is 0 Å². The molecular weight excluding hydrogens is 384 g/mol. The van der Waals surface area contributed by atoms with Crippen LogP contribution in [-0.4, -0.2) is 52.8 Å². The van der Waals surface area contributed by atoms with E-state index in [4.69, 9.17) is 5.73 Å². The summed E-state index contributed by atoms with van der Waals surface area (Å²) in [6.07, 6.45) is 2.04. The number of carbonyl (C=O) groups is 2. The zero-order chi connectivity index (χ0) is 18.4. The average Bonchev–Trinajstić information content (AvgIpc) is 3.03. The maximum atomic E-state index is 12.6. The Bertz CT molecular complexity index is 753. The van der Waals surface area contributed by atoms with Crippen molar-refractivity contribution in [2.75, 3.05) is 26.2 Å². The number of nitrogens with zero attached hydrogens (tertiary/aromatic N) is 3. The highest BCUT2D eigenvalue weighted by molar-refractivity contribution is 7.09. The molecule has 2 aromatic rings. The highest BCUT2D eigenvalue weighted by Crippen LogP contribution is 2.14. The lowest BCUT2D eigenvalue weighted by atomic mass is 10.1. The first-order valence-corrected chi connectivity index (χ1v) is 9.81. The fourth-order valence-electron chi connectivity index (χ4n) is 3.09. The predicted molar refractivity (Wildman–Crippen MR) is 109 cm³/mol. The number of hydrogen-bond acceptors (Lipinski definition) is 5. The Morgan fingerprint density at radius 1 is 1.07 bits per heavy atom. The Balaban J connectivity index is 0.00000261. The van der Waals surface area contributed by atoms with E-state index in [0.717, 1.165) is 17.8 Å². The smallest absolute Gasteiger partial charge is 0.273 e. The fraction of sp³-hybridized carbons (Fsp3) is 0.421. The molecule has 1 aliphatic rings. The van der Waals surface area contributed by atoms with Crippen LogP contribution < -0.4 is 5.73 Å². The van der Waals surface area contributed by atoms with Gasteiger partial charge in [-0.2, -0.15) is 0 Å². The molecule has 27 heavy (non-hydrogen) atoms. The molecule has 1 aromatic heterocycles. The van der Waals surface area contributed by atoms with Crippen LogP contribution in [0.4, 0.5) is 0 Å². The van der Waals surface area contributed by atoms with E-state index in [1.54, 1.807) is 10.3 Å². The van der Waals surface area contributed by atoms with Crippen molar-refractivity contribution in [3.63, 3.8) is 0 Å². The Labute approximate surface area is 169 Å². The number of thiazole rings is 1. The summed E-state index contributed by atoms with van der Waals surface area (Å²) in [6, 6.07) is 10.0. The Hall–Kier alpha value is -1.96. The van der Waals surface area contributed by atoms with E-state index in [1.165, 1.54) is 16.9 Å². The predicted octanol–water partition coefficient (Wildman–Crippen LogP) is 2.33. The van der Waals surface area contributed by atoms with E-state index in [-0.39, 0.29) is 24.2 Å². The summed E-state index contributed by atoms with van der Waals surface area (Å²) in [7, 11) is 0. The van der Waals surface area contributed by atoms with Crippen molar-refractivity contribution in [3.05, 3.63) is 52.0 Å². The van der Waals surface area contributed by atoms with Gasteiger partial charge in [-0.05, 0) is 18.4 Å². The van der Waals surface area contributed by atoms with Crippen LogP contribution in [0.2, 0.25) is 0 Å². The molecule has 146 valence electrons. The lowest BCUT2D eigenvalue weighted by Crippen LogP contribution is -2.37. The van der Waals surface area contributed by atoms with Gasteiger partial charge in [0.1, 0.15) is 10.7 Å². The summed E-state index contributed by atoms with van der Waals surface area (Å²) in [5.74, 6) is 0.0850. The SMILES string of the molecule is Cl.NCc1nc(C(=O)N2CCCN(C(=O)CCc3ccccc3)CC2)cs1. The number of rotatable bonds is 5. The summed E-state index contributed by atoms with van der Waals surface area (Å²) in [5.41, 5.74) is 7.20. The molecule has 3 rings (SSSR count). The molecule has 1 aliphatic heterocycles. The van der Waals surface area contributed by atoms with Crippen LogP contribution in [0.3, 0.4) is 0 Å². The minimum Gasteiger partial charge on any atom is -0.341 e. The number of aryl methyl sites for hydroxylation is 1. The summed E-state index contributed by atoms with van der Waals surface area (Å²) < 4.78 is 0. The average molecular weight is 409 g/mol. The van der Waals surface area contributed by atoms with Crippen LogP contribution >= 0.6 is 23.7 Å². The molecule has 1 saturated heterocycles. The van der Waals surface area contributed by atoms with Crippen molar-refractivity contribution in [1.29, 1.82) is 0 Å². The zero-order valence-corrected chi connectivity index (χ0v) is 16.8. The third-order valence-electron chi connectivity index (χ3n) is 4.55. The van der Waals surface area contributed by atoms with Crippen molar-refractivity contribution >= 4 is 35.6 Å². The van der Waals surface area contributed by atoms with Crippen molar-refractivity contribution in [2.45, 2.75) is 25.8 Å². The number of nitrogens with two attached hydrogens (primary N) is 1. The van der Waals surface area contributed by atoms with E-state index in [1.807, 2.05) is 35.2 Å². The van der Waals surface area contributed by atoms with Gasteiger partial charge in [0, 0.05) is 44.5 Å². The maximum Gasteiger partial charge on any atom is 0.273 e. The van der Waals surface area contributed by atoms with E-state index < -0.39 is 0 Å². The molecule has 1 aromatic carbocycles. The van der Waals surface area contributed by atoms with Gasteiger partial charge in [-0.1, -0.05) is 30.3 Å². The molecule has 0 aliphatic carbocycles. The monoisotopic (exact) mass is 408 g/mol. The van der Waals surface area contributed by atoms with Crippen LogP contribution in [-0.2, 0) is 17.8 Å². The first-order chi connectivity index (χ1) is 12.7. The van der Waals surface area contributed by atoms with E-state index in [0.29, 0.717) is 44.8 Å². The standard InChI is InChI=1S/C19H24N4O2S.ClH/c20-13-17-21-16(14-26-17)19(25)23-10-4-9-22(11-12-23)18(24)8-7-15-5-2-1-3-6-15;/h1-3,5-6,14H,4,7-13,20H2;1H. The van der Waals surface area contributed by atoms with Crippen LogP contribution in [0.1, 0.15) is 33.9 Å². The van der Waals surface area contributed by atoms with E-state index in [2.05, 4.69) is 4.98 Å². The lowest BCUT2D eigenvalue weighted by Gasteiger charge is -2.21. The molecule has 2 amide bonds. The first kappa shape index (κ1) is 21.3. The molecule has 1 fully saturated rings. The largest absolute Gasteiger partial charge is 0.341 e. The molecule has 2 N–H and O–H groups in total. The molecule has 6 nitrogen and oxygen atoms in total. The van der Waals surface area contributed by atoms with Gasteiger partial charge >= 0.3 is 0 Å². The highest BCUT2D eigenvalue weighted by atomic mass is 35.5. The summed E-state index contributed by atoms with van der Waals surface area (Å²) >= 11 is 1.41. The fourth-order valence-corrected chi connectivity index (χ4v) is 3.74. The van der Waals surface area contributed by atoms with Crippen molar-refractivity contribution < 1.29 is 9.59 Å². The van der Waals surface area contributed by atoms with E-state index in [9.17, 15) is 9.59 Å². The van der Waals surface area contributed by atoms with Gasteiger partial charge in [-0.25, -0.2) is 4.98 Å². The molecule has 0 spiro atoms. The summed E-state index contributed by atoms with van der Waals surface area (Å²) in [5, 5.41) is 2.53. The number of amides is 2. The molecule has 2 heterocycles. The molecule has 0 saturated carbocycles. The summed E-state index contributed by atoms with van der Waals surface area (Å²) in [6.45, 7) is 2.82. The number of hydrogen-bond donors (Lipinski definition) is 1. The normalized spacial score (nSPS) is 14.4.